The van der Waals surface area contributed by atoms with Gasteiger partial charge in [0.25, 0.3) is 0 Å². The Balaban J connectivity index is 2.22. The molecule has 158 valence electrons. The highest BCUT2D eigenvalue weighted by molar-refractivity contribution is 5.67. The van der Waals surface area contributed by atoms with Crippen molar-refractivity contribution in [3.8, 4) is 0 Å². The Morgan fingerprint density at radius 1 is 1.18 bits per heavy atom. The number of rotatable bonds is 7. The minimum atomic E-state index is -0.907. The van der Waals surface area contributed by atoms with Gasteiger partial charge in [0.15, 0.2) is 12.4 Å². The first-order valence-electron chi connectivity index (χ1n) is 9.69. The van der Waals surface area contributed by atoms with Crippen molar-refractivity contribution in [1.82, 2.24) is 5.32 Å². The highest BCUT2D eigenvalue weighted by Gasteiger charge is 2.48. The number of nitrogens with zero attached hydrogens (tertiary/aromatic N) is 3. The second kappa shape index (κ2) is 10.6. The van der Waals surface area contributed by atoms with Gasteiger partial charge in [-0.25, -0.2) is 0 Å². The summed E-state index contributed by atoms with van der Waals surface area (Å²) in [7, 11) is 1.87. The summed E-state index contributed by atoms with van der Waals surface area (Å²) in [6.45, 7) is 5.20. The smallest absolute Gasteiger partial charge is 0.303 e. The molecule has 1 N–H and O–H groups in total. The Hall–Kier alpha value is -1.87. The topological polar surface area (TPSA) is 132 Å². The van der Waals surface area contributed by atoms with E-state index in [1.54, 1.807) is 0 Å². The van der Waals surface area contributed by atoms with Crippen molar-refractivity contribution >= 4 is 11.9 Å². The van der Waals surface area contributed by atoms with Crippen molar-refractivity contribution in [3.63, 3.8) is 0 Å². The normalized spacial score (nSPS) is 35.5. The zero-order valence-corrected chi connectivity index (χ0v) is 16.9. The third-order valence-electron chi connectivity index (χ3n) is 5.06. The van der Waals surface area contributed by atoms with E-state index in [1.807, 2.05) is 14.0 Å². The van der Waals surface area contributed by atoms with E-state index >= 15 is 0 Å². The molecule has 0 aromatic rings. The van der Waals surface area contributed by atoms with Crippen molar-refractivity contribution in [2.75, 3.05) is 13.6 Å². The zero-order valence-electron chi connectivity index (χ0n) is 16.9. The predicted molar refractivity (Wildman–Crippen MR) is 99.1 cm³/mol. The number of ether oxygens (including phenoxy) is 4. The number of likely N-dealkylation sites (N-methyl/N-ethyl adjacent to an activating group) is 1. The monoisotopic (exact) mass is 398 g/mol. The van der Waals surface area contributed by atoms with Crippen LogP contribution >= 0.6 is 0 Å². The molecule has 0 radical (unpaired) electrons. The largest absolute Gasteiger partial charge is 0.458 e. The molecular weight excluding hydrogens is 368 g/mol. The van der Waals surface area contributed by atoms with Crippen LogP contribution in [0.15, 0.2) is 5.11 Å². The van der Waals surface area contributed by atoms with Crippen LogP contribution in [-0.4, -0.2) is 62.3 Å². The lowest BCUT2D eigenvalue weighted by molar-refractivity contribution is -0.258. The quantitative estimate of drug-likeness (QED) is 0.300. The van der Waals surface area contributed by atoms with E-state index in [0.717, 1.165) is 25.8 Å². The van der Waals surface area contributed by atoms with Crippen molar-refractivity contribution in [2.45, 2.75) is 83.2 Å². The fraction of sp³-hybridized carbons (Fsp3) is 0.889. The Morgan fingerprint density at radius 2 is 1.86 bits per heavy atom. The molecule has 0 aromatic carbocycles. The summed E-state index contributed by atoms with van der Waals surface area (Å²) in [5.74, 6) is -1.17. The van der Waals surface area contributed by atoms with E-state index < -0.39 is 42.6 Å². The van der Waals surface area contributed by atoms with Gasteiger partial charge in [-0.2, -0.15) is 0 Å². The van der Waals surface area contributed by atoms with Gasteiger partial charge >= 0.3 is 11.9 Å². The van der Waals surface area contributed by atoms with Crippen LogP contribution in [0.4, 0.5) is 0 Å². The van der Waals surface area contributed by atoms with E-state index in [2.05, 4.69) is 15.3 Å². The predicted octanol–water partition coefficient (Wildman–Crippen LogP) is 2.07. The molecule has 1 saturated heterocycles. The first-order valence-corrected chi connectivity index (χ1v) is 9.69. The van der Waals surface area contributed by atoms with Gasteiger partial charge in [-0.15, -0.1) is 0 Å². The lowest BCUT2D eigenvalue weighted by atomic mass is 9.80. The van der Waals surface area contributed by atoms with Gasteiger partial charge in [0.05, 0.1) is 12.1 Å². The van der Waals surface area contributed by atoms with E-state index in [1.165, 1.54) is 13.8 Å². The molecule has 1 heterocycles. The molecule has 10 heteroatoms. The van der Waals surface area contributed by atoms with Crippen LogP contribution in [-0.2, 0) is 28.5 Å². The molecule has 2 unspecified atom stereocenters. The van der Waals surface area contributed by atoms with Crippen molar-refractivity contribution in [1.29, 1.82) is 0 Å². The molecule has 28 heavy (non-hydrogen) atoms. The molecule has 2 fully saturated rings. The van der Waals surface area contributed by atoms with Crippen molar-refractivity contribution < 1.29 is 28.5 Å². The van der Waals surface area contributed by atoms with Crippen molar-refractivity contribution in [3.05, 3.63) is 10.4 Å². The van der Waals surface area contributed by atoms with Crippen LogP contribution in [0.5, 0.6) is 0 Å². The fourth-order valence-corrected chi connectivity index (χ4v) is 3.95. The van der Waals surface area contributed by atoms with Gasteiger partial charge in [-0.3, -0.25) is 9.59 Å². The van der Waals surface area contributed by atoms with Gasteiger partial charge in [-0.1, -0.05) is 12.0 Å². The SMILES string of the molecule is CNCC1CCC[C@@H](O[C@H]2[C@H](OC(C)=O)[C@@H](OC(C)=O)C(N=[N+]=[N-])C[C@@H]2C)O1. The molecule has 0 spiro atoms. The van der Waals surface area contributed by atoms with Crippen LogP contribution < -0.4 is 5.32 Å². The van der Waals surface area contributed by atoms with Gasteiger partial charge in [-0.05, 0) is 44.2 Å². The molecule has 2 rings (SSSR count). The molecule has 0 amide bonds. The van der Waals surface area contributed by atoms with Crippen LogP contribution in [0.1, 0.15) is 46.5 Å². The van der Waals surface area contributed by atoms with Gasteiger partial charge in [0.1, 0.15) is 12.2 Å². The second-order valence-electron chi connectivity index (χ2n) is 7.41. The molecule has 7 atom stereocenters. The number of azide groups is 1. The summed E-state index contributed by atoms with van der Waals surface area (Å²) < 4.78 is 23.1. The first-order chi connectivity index (χ1) is 13.3. The lowest BCUT2D eigenvalue weighted by Crippen LogP contribution is -2.57. The number of carbonyl (C=O) groups is 2. The maximum absolute atomic E-state index is 11.7. The summed E-state index contributed by atoms with van der Waals surface area (Å²) in [5.41, 5.74) is 8.88. The van der Waals surface area contributed by atoms with E-state index in [-0.39, 0.29) is 12.0 Å². The third kappa shape index (κ3) is 6.07. The van der Waals surface area contributed by atoms with Gasteiger partial charge < -0.3 is 24.3 Å². The standard InChI is InChI=1S/C18H30N4O6/c1-10-8-14(21-22-19)17(25-11(2)23)18(26-12(3)24)16(10)28-15-7-5-6-13(27-15)9-20-4/h10,13-18,20H,5-9H2,1-4H3/t10-,13?,14?,15+,16+,17-,18-/m0/s1. The Morgan fingerprint density at radius 3 is 2.46 bits per heavy atom. The fourth-order valence-electron chi connectivity index (χ4n) is 3.95. The van der Waals surface area contributed by atoms with Crippen LogP contribution in [0, 0.1) is 5.92 Å². The second-order valence-corrected chi connectivity index (χ2v) is 7.41. The maximum Gasteiger partial charge on any atom is 0.303 e. The first kappa shape index (κ1) is 22.4. The van der Waals surface area contributed by atoms with Crippen molar-refractivity contribution in [2.24, 2.45) is 11.0 Å². The molecular formula is C18H30N4O6. The summed E-state index contributed by atoms with van der Waals surface area (Å²) in [6, 6.07) is -0.641. The molecule has 1 aliphatic heterocycles. The number of nitrogens with one attached hydrogen (secondary N) is 1. The summed E-state index contributed by atoms with van der Waals surface area (Å²) in [6.07, 6.45) is 0.363. The minimum absolute atomic E-state index is 0.0510. The average Bonchev–Trinajstić information content (AvgIpc) is 2.61. The molecule has 1 saturated carbocycles. The number of hydrogen-bond donors (Lipinski definition) is 1. The Bertz CT molecular complexity index is 595. The summed E-state index contributed by atoms with van der Waals surface area (Å²) in [5, 5.41) is 6.86. The Labute approximate surface area is 164 Å². The number of esters is 2. The number of carbonyl (C=O) groups excluding carboxylic acids is 2. The maximum atomic E-state index is 11.7. The molecule has 0 aromatic heterocycles. The summed E-state index contributed by atoms with van der Waals surface area (Å²) in [4.78, 5) is 26.2. The van der Waals surface area contributed by atoms with Gasteiger partial charge in [0, 0.05) is 25.3 Å². The number of hydrogen-bond acceptors (Lipinski definition) is 8. The van der Waals surface area contributed by atoms with Crippen LogP contribution in [0.3, 0.4) is 0 Å². The van der Waals surface area contributed by atoms with E-state index in [9.17, 15) is 9.59 Å². The molecule has 10 nitrogen and oxygen atoms in total. The highest BCUT2D eigenvalue weighted by atomic mass is 16.7. The minimum Gasteiger partial charge on any atom is -0.458 e. The Kier molecular flexibility index (Phi) is 8.50. The molecule has 1 aliphatic carbocycles. The lowest BCUT2D eigenvalue weighted by Gasteiger charge is -2.44. The highest BCUT2D eigenvalue weighted by Crippen LogP contribution is 2.35. The summed E-state index contributed by atoms with van der Waals surface area (Å²) >= 11 is 0. The van der Waals surface area contributed by atoms with Crippen LogP contribution in [0.2, 0.25) is 0 Å². The molecule has 0 bridgehead atoms. The molecule has 2 aliphatic rings. The zero-order chi connectivity index (χ0) is 20.7. The van der Waals surface area contributed by atoms with Crippen LogP contribution in [0.25, 0.3) is 10.4 Å². The third-order valence-corrected chi connectivity index (χ3v) is 5.06. The van der Waals surface area contributed by atoms with E-state index in [0.29, 0.717) is 6.42 Å². The van der Waals surface area contributed by atoms with E-state index in [4.69, 9.17) is 24.5 Å². The average molecular weight is 398 g/mol. The van der Waals surface area contributed by atoms with Gasteiger partial charge in [0.2, 0.25) is 0 Å².